The van der Waals surface area contributed by atoms with Gasteiger partial charge in [0.2, 0.25) is 0 Å². The van der Waals surface area contributed by atoms with Gasteiger partial charge >= 0.3 is 11.9 Å². The molecule has 1 aromatic rings. The Morgan fingerprint density at radius 2 is 1.83 bits per heavy atom. The first-order valence-corrected chi connectivity index (χ1v) is 7.96. The predicted octanol–water partition coefficient (Wildman–Crippen LogP) is 3.45. The van der Waals surface area contributed by atoms with E-state index in [1.54, 1.807) is 0 Å². The lowest BCUT2D eigenvalue weighted by atomic mass is 9.96. The van der Waals surface area contributed by atoms with Crippen LogP contribution in [0.2, 0.25) is 10.0 Å². The quantitative estimate of drug-likeness (QED) is 0.721. The zero-order chi connectivity index (χ0) is 17.0. The number of hydrogen-bond acceptors (Lipinski definition) is 3. The molecular weight excluding hydrogens is 341 g/mol. The third-order valence-electron chi connectivity index (χ3n) is 3.74. The van der Waals surface area contributed by atoms with Crippen molar-refractivity contribution in [2.75, 3.05) is 0 Å². The zero-order valence-corrected chi connectivity index (χ0v) is 13.8. The van der Waals surface area contributed by atoms with E-state index in [0.29, 0.717) is 22.1 Å². The Kier molecular flexibility index (Phi) is 6.04. The van der Waals surface area contributed by atoms with E-state index in [2.05, 4.69) is 17.5 Å². The van der Waals surface area contributed by atoms with Gasteiger partial charge in [-0.1, -0.05) is 35.3 Å². The zero-order valence-electron chi connectivity index (χ0n) is 12.3. The van der Waals surface area contributed by atoms with Gasteiger partial charge in [0.05, 0.1) is 10.0 Å². The molecule has 3 N–H and O–H groups in total. The summed E-state index contributed by atoms with van der Waals surface area (Å²) in [5, 5.41) is 20.3. The molecule has 2 heterocycles. The topological polar surface area (TPSA) is 86.6 Å². The predicted molar refractivity (Wildman–Crippen MR) is 88.9 cm³/mol. The van der Waals surface area contributed by atoms with Gasteiger partial charge in [0.25, 0.3) is 0 Å². The first-order valence-electron chi connectivity index (χ1n) is 7.21. The van der Waals surface area contributed by atoms with E-state index in [4.69, 9.17) is 33.4 Å². The maximum atomic E-state index is 9.43. The highest BCUT2D eigenvalue weighted by molar-refractivity contribution is 6.42. The van der Waals surface area contributed by atoms with Gasteiger partial charge in [0.1, 0.15) is 6.42 Å². The average Bonchev–Trinajstić information content (AvgIpc) is 2.79. The summed E-state index contributed by atoms with van der Waals surface area (Å²) in [4.78, 5) is 18.9. The molecule has 0 amide bonds. The molecule has 0 aromatic heterocycles. The largest absolute Gasteiger partial charge is 0.481 e. The van der Waals surface area contributed by atoms with E-state index >= 15 is 0 Å². The van der Waals surface area contributed by atoms with Crippen molar-refractivity contribution in [2.45, 2.75) is 37.8 Å². The molecule has 2 bridgehead atoms. The van der Waals surface area contributed by atoms with Crippen LogP contribution in [0.15, 0.2) is 24.3 Å². The lowest BCUT2D eigenvalue weighted by Gasteiger charge is -2.21. The number of rotatable bonds is 3. The summed E-state index contributed by atoms with van der Waals surface area (Å²) in [6, 6.07) is 7.12. The van der Waals surface area contributed by atoms with Gasteiger partial charge in [-0.2, -0.15) is 0 Å². The highest BCUT2D eigenvalue weighted by Crippen LogP contribution is 2.34. The lowest BCUT2D eigenvalue weighted by Crippen LogP contribution is -2.31. The number of halogens is 2. The molecule has 1 aromatic carbocycles. The van der Waals surface area contributed by atoms with Crippen molar-refractivity contribution in [2.24, 2.45) is 0 Å². The van der Waals surface area contributed by atoms with Crippen LogP contribution in [-0.4, -0.2) is 34.2 Å². The molecule has 7 heteroatoms. The number of nitrogens with one attached hydrogen (secondary N) is 1. The standard InChI is InChI=1S/C13H13Cl2N.C3H4O4/c14-12-4-1-8(7-13(12)15)9-5-10-2-3-11(6-9)16-10;4-2(5)1-3(6)7/h1,4-5,7,10-11,16H,2-3,6H2;1H2,(H,4,5)(H,6,7). The molecule has 0 saturated carbocycles. The van der Waals surface area contributed by atoms with Gasteiger partial charge in [-0.25, -0.2) is 0 Å². The number of aliphatic carboxylic acids is 2. The summed E-state index contributed by atoms with van der Waals surface area (Å²) >= 11 is 12.0. The Labute approximate surface area is 143 Å². The Balaban J connectivity index is 0.000000236. The summed E-state index contributed by atoms with van der Waals surface area (Å²) in [6.07, 6.45) is 5.18. The Bertz CT molecular complexity index is 633. The molecule has 3 rings (SSSR count). The molecule has 2 aliphatic heterocycles. The number of fused-ring (bicyclic) bond motifs is 2. The minimum Gasteiger partial charge on any atom is -0.481 e. The van der Waals surface area contributed by atoms with Crippen LogP contribution < -0.4 is 5.32 Å². The normalized spacial score (nSPS) is 21.9. The third-order valence-corrected chi connectivity index (χ3v) is 4.48. The monoisotopic (exact) mass is 357 g/mol. The highest BCUT2D eigenvalue weighted by Gasteiger charge is 2.28. The van der Waals surface area contributed by atoms with Crippen molar-refractivity contribution in [3.05, 3.63) is 39.9 Å². The maximum Gasteiger partial charge on any atom is 0.314 e. The summed E-state index contributed by atoms with van der Waals surface area (Å²) in [5.74, 6) is -2.62. The summed E-state index contributed by atoms with van der Waals surface area (Å²) < 4.78 is 0. The van der Waals surface area contributed by atoms with Crippen LogP contribution in [0.5, 0.6) is 0 Å². The number of benzene rings is 1. The lowest BCUT2D eigenvalue weighted by molar-refractivity contribution is -0.147. The van der Waals surface area contributed by atoms with E-state index in [-0.39, 0.29) is 0 Å². The first kappa shape index (κ1) is 17.8. The van der Waals surface area contributed by atoms with Crippen LogP contribution in [0.1, 0.15) is 31.2 Å². The van der Waals surface area contributed by atoms with Crippen molar-refractivity contribution >= 4 is 40.7 Å². The maximum absolute atomic E-state index is 9.43. The minimum absolute atomic E-state index is 0.559. The Morgan fingerprint density at radius 1 is 1.13 bits per heavy atom. The van der Waals surface area contributed by atoms with Crippen molar-refractivity contribution in [1.29, 1.82) is 0 Å². The van der Waals surface area contributed by atoms with E-state index in [0.717, 1.165) is 6.42 Å². The molecule has 0 spiro atoms. The summed E-state index contributed by atoms with van der Waals surface area (Å²) in [5.41, 5.74) is 2.62. The molecule has 2 unspecified atom stereocenters. The minimum atomic E-state index is -1.31. The Hall–Kier alpha value is -1.56. The SMILES string of the molecule is Clc1ccc(C2=CC3CCC(C2)N3)cc1Cl.O=C(O)CC(=O)O. The van der Waals surface area contributed by atoms with Crippen LogP contribution >= 0.6 is 23.2 Å². The number of carboxylic acid groups (broad SMARTS) is 2. The van der Waals surface area contributed by atoms with Crippen LogP contribution in [0.4, 0.5) is 0 Å². The molecule has 1 saturated heterocycles. The fourth-order valence-corrected chi connectivity index (χ4v) is 3.06. The molecule has 2 aliphatic rings. The molecule has 0 radical (unpaired) electrons. The second kappa shape index (κ2) is 7.81. The second-order valence-electron chi connectivity index (χ2n) is 5.54. The summed E-state index contributed by atoms with van der Waals surface area (Å²) in [6.45, 7) is 0. The van der Waals surface area contributed by atoms with Crippen molar-refractivity contribution in [1.82, 2.24) is 5.32 Å². The molecule has 1 fully saturated rings. The number of hydrogen-bond donors (Lipinski definition) is 3. The van der Waals surface area contributed by atoms with Crippen LogP contribution in [-0.2, 0) is 9.59 Å². The van der Waals surface area contributed by atoms with Crippen LogP contribution in [0.25, 0.3) is 5.57 Å². The molecule has 0 aliphatic carbocycles. The van der Waals surface area contributed by atoms with E-state index in [9.17, 15) is 9.59 Å². The summed E-state index contributed by atoms with van der Waals surface area (Å²) in [7, 11) is 0. The molecule has 5 nitrogen and oxygen atoms in total. The van der Waals surface area contributed by atoms with Gasteiger partial charge in [-0.3, -0.25) is 9.59 Å². The highest BCUT2D eigenvalue weighted by atomic mass is 35.5. The fraction of sp³-hybridized carbons (Fsp3) is 0.375. The smallest absolute Gasteiger partial charge is 0.314 e. The van der Waals surface area contributed by atoms with Crippen LogP contribution in [0.3, 0.4) is 0 Å². The average molecular weight is 358 g/mol. The van der Waals surface area contributed by atoms with Gasteiger partial charge in [0.15, 0.2) is 0 Å². The molecule has 23 heavy (non-hydrogen) atoms. The number of carbonyl (C=O) groups is 2. The van der Waals surface area contributed by atoms with E-state index in [1.807, 2.05) is 12.1 Å². The van der Waals surface area contributed by atoms with E-state index in [1.165, 1.54) is 24.0 Å². The van der Waals surface area contributed by atoms with E-state index < -0.39 is 18.4 Å². The molecule has 124 valence electrons. The van der Waals surface area contributed by atoms with Crippen molar-refractivity contribution in [3.8, 4) is 0 Å². The van der Waals surface area contributed by atoms with Gasteiger partial charge in [-0.15, -0.1) is 0 Å². The molecular formula is C16H17Cl2NO4. The van der Waals surface area contributed by atoms with Gasteiger partial charge in [0, 0.05) is 12.1 Å². The van der Waals surface area contributed by atoms with Crippen molar-refractivity contribution in [3.63, 3.8) is 0 Å². The van der Waals surface area contributed by atoms with Crippen LogP contribution in [0, 0.1) is 0 Å². The van der Waals surface area contributed by atoms with Crippen molar-refractivity contribution < 1.29 is 19.8 Å². The second-order valence-corrected chi connectivity index (χ2v) is 6.35. The number of carboxylic acids is 2. The van der Waals surface area contributed by atoms with Gasteiger partial charge in [-0.05, 0) is 42.5 Å². The fourth-order valence-electron chi connectivity index (χ4n) is 2.76. The van der Waals surface area contributed by atoms with Gasteiger partial charge < -0.3 is 15.5 Å². The third kappa shape index (κ3) is 5.23. The Morgan fingerprint density at radius 3 is 2.35 bits per heavy atom. The molecule has 2 atom stereocenters. The first-order chi connectivity index (χ1) is 10.8.